The lowest BCUT2D eigenvalue weighted by Gasteiger charge is -2.35. The van der Waals surface area contributed by atoms with Crippen molar-refractivity contribution in [2.75, 3.05) is 11.5 Å². The molecule has 0 spiro atoms. The number of benzene rings is 1. The molecule has 0 saturated carbocycles. The van der Waals surface area contributed by atoms with Crippen molar-refractivity contribution in [1.29, 1.82) is 0 Å². The van der Waals surface area contributed by atoms with Crippen molar-refractivity contribution in [1.82, 2.24) is 5.32 Å². The molecule has 196 valence electrons. The quantitative estimate of drug-likeness (QED) is 0.196. The molecule has 0 aliphatic carbocycles. The lowest BCUT2D eigenvalue weighted by molar-refractivity contribution is -0.415. The molecule has 0 radical (unpaired) electrons. The van der Waals surface area contributed by atoms with Crippen molar-refractivity contribution in [2.45, 2.75) is 86.6 Å². The van der Waals surface area contributed by atoms with Gasteiger partial charge in [-0.3, -0.25) is 4.79 Å². The van der Waals surface area contributed by atoms with Gasteiger partial charge in [0.05, 0.1) is 17.6 Å². The predicted molar refractivity (Wildman–Crippen MR) is 152 cm³/mol. The number of hydrogen-bond donors (Lipinski definition) is 1. The number of amides is 1. The van der Waals surface area contributed by atoms with Gasteiger partial charge in [-0.15, -0.1) is 0 Å². The number of nitrogens with one attached hydrogen (secondary N) is 1. The van der Waals surface area contributed by atoms with Gasteiger partial charge in [0, 0.05) is 18.5 Å². The molecule has 36 heavy (non-hydrogen) atoms. The Morgan fingerprint density at radius 1 is 1.28 bits per heavy atom. The van der Waals surface area contributed by atoms with Gasteiger partial charge in [0.1, 0.15) is 17.0 Å². The molecule has 1 aliphatic heterocycles. The molecule has 0 fully saturated rings. The Morgan fingerprint density at radius 3 is 2.47 bits per heavy atom. The van der Waals surface area contributed by atoms with E-state index in [1.165, 1.54) is 5.49 Å². The summed E-state index contributed by atoms with van der Waals surface area (Å²) in [5, 5.41) is 3.11. The minimum atomic E-state index is -0.825. The second-order valence-corrected chi connectivity index (χ2v) is 9.93. The highest BCUT2D eigenvalue weighted by molar-refractivity contribution is 7.79. The van der Waals surface area contributed by atoms with Crippen LogP contribution in [0.15, 0.2) is 41.7 Å². The smallest absolute Gasteiger partial charge is 0.379 e. The Balaban J connectivity index is 2.88. The molecule has 1 aromatic carbocycles. The van der Waals surface area contributed by atoms with Crippen LogP contribution in [0.5, 0.6) is 5.75 Å². The van der Waals surface area contributed by atoms with Crippen LogP contribution in [0.1, 0.15) is 86.6 Å². The van der Waals surface area contributed by atoms with Crippen LogP contribution in [0.2, 0.25) is 0 Å². The van der Waals surface area contributed by atoms with Crippen molar-refractivity contribution >= 4 is 40.9 Å². The number of carbonyl (C=O) groups is 2. The molecule has 1 N–H and O–H groups in total. The number of allylic oxidation sites excluding steroid dienone is 2. The molecular formula is C29H42N3O3S+. The maximum atomic E-state index is 13.4. The molecule has 1 heterocycles. The van der Waals surface area contributed by atoms with E-state index in [0.717, 1.165) is 36.2 Å². The van der Waals surface area contributed by atoms with E-state index < -0.39 is 5.54 Å². The molecule has 1 atom stereocenters. The van der Waals surface area contributed by atoms with Crippen molar-refractivity contribution < 1.29 is 18.9 Å². The zero-order valence-electron chi connectivity index (χ0n) is 23.2. The highest BCUT2D eigenvalue weighted by atomic mass is 32.1. The highest BCUT2D eigenvalue weighted by Crippen LogP contribution is 2.33. The van der Waals surface area contributed by atoms with Gasteiger partial charge in [-0.05, 0) is 70.2 Å². The predicted octanol–water partition coefficient (Wildman–Crippen LogP) is 6.13. The number of thiocarbonyl (C=S) groups is 1. The summed E-state index contributed by atoms with van der Waals surface area (Å²) in [6.45, 7) is 20.7. The lowest BCUT2D eigenvalue weighted by Crippen LogP contribution is -2.49. The van der Waals surface area contributed by atoms with Crippen LogP contribution in [0, 0.1) is 5.92 Å². The summed E-state index contributed by atoms with van der Waals surface area (Å²) in [4.78, 5) is 27.9. The number of amidine groups is 1. The topological polar surface area (TPSA) is 61.6 Å². The van der Waals surface area contributed by atoms with E-state index in [-0.39, 0.29) is 17.6 Å². The van der Waals surface area contributed by atoms with Crippen LogP contribution in [0.3, 0.4) is 0 Å². The van der Waals surface area contributed by atoms with Crippen LogP contribution in [-0.2, 0) is 9.59 Å². The van der Waals surface area contributed by atoms with Gasteiger partial charge in [0.25, 0.3) is 5.84 Å². The maximum absolute atomic E-state index is 13.4. The van der Waals surface area contributed by atoms with Crippen molar-refractivity contribution in [2.24, 2.45) is 5.92 Å². The third-order valence-corrected chi connectivity index (χ3v) is 7.19. The fourth-order valence-electron chi connectivity index (χ4n) is 4.45. The number of ketones is 1. The Morgan fingerprint density at radius 2 is 1.94 bits per heavy atom. The number of Topliss-reactive ketones (excluding diaryl/α,β-unsaturated/α-hetero) is 1. The van der Waals surface area contributed by atoms with Gasteiger partial charge in [0.15, 0.2) is 5.78 Å². The summed E-state index contributed by atoms with van der Waals surface area (Å²) >= 11 is 5.35. The maximum Gasteiger partial charge on any atom is 0.379 e. The minimum absolute atomic E-state index is 0.0770. The van der Waals surface area contributed by atoms with Crippen molar-refractivity contribution in [3.63, 3.8) is 0 Å². The number of hydrogen-bond acceptors (Lipinski definition) is 4. The zero-order valence-corrected chi connectivity index (χ0v) is 24.0. The van der Waals surface area contributed by atoms with E-state index in [4.69, 9.17) is 17.0 Å². The second kappa shape index (κ2) is 12.4. The van der Waals surface area contributed by atoms with E-state index in [2.05, 4.69) is 32.7 Å². The molecule has 1 amide bonds. The van der Waals surface area contributed by atoms with Gasteiger partial charge in [0.2, 0.25) is 5.70 Å². The standard InChI is InChI=1S/C29H41N3O3S/c1-10-14-20(6)32-26(21(7)19(5)11-2)28(34)30-27(32)23-17-22(15-16-24(23)35-13-4)31(18-36)29(8,9)25(33)12-3/h15-19H,6,10-14H2,1-5,7-9H3/p+1/b26-21-. The lowest BCUT2D eigenvalue weighted by atomic mass is 9.94. The molecule has 6 nitrogen and oxygen atoms in total. The van der Waals surface area contributed by atoms with Gasteiger partial charge < -0.3 is 9.64 Å². The number of rotatable bonds is 13. The number of nitrogens with zero attached hydrogens (tertiary/aromatic N) is 2. The molecule has 7 heteroatoms. The van der Waals surface area contributed by atoms with E-state index in [9.17, 15) is 9.59 Å². The molecule has 0 aromatic heterocycles. The summed E-state index contributed by atoms with van der Waals surface area (Å²) in [5.41, 5.74) is 4.63. The molecule has 1 unspecified atom stereocenters. The third kappa shape index (κ3) is 5.77. The Hall–Kier alpha value is -2.80. The monoisotopic (exact) mass is 512 g/mol. The first kappa shape index (κ1) is 29.4. The molecule has 1 aromatic rings. The van der Waals surface area contributed by atoms with Gasteiger partial charge in [-0.2, -0.15) is 4.58 Å². The van der Waals surface area contributed by atoms with E-state index in [0.29, 0.717) is 35.9 Å². The van der Waals surface area contributed by atoms with E-state index in [1.807, 2.05) is 57.4 Å². The first-order chi connectivity index (χ1) is 17.0. The van der Waals surface area contributed by atoms with E-state index >= 15 is 0 Å². The Bertz CT molecular complexity index is 1100. The highest BCUT2D eigenvalue weighted by Gasteiger charge is 2.41. The fraction of sp³-hybridized carbons (Fsp3) is 0.517. The number of anilines is 1. The van der Waals surface area contributed by atoms with Crippen LogP contribution < -0.4 is 15.0 Å². The van der Waals surface area contributed by atoms with Crippen LogP contribution in [0.4, 0.5) is 5.69 Å². The average molecular weight is 513 g/mol. The minimum Gasteiger partial charge on any atom is -0.493 e. The molecular weight excluding hydrogens is 470 g/mol. The zero-order chi connectivity index (χ0) is 27.2. The van der Waals surface area contributed by atoms with Crippen LogP contribution in [0.25, 0.3) is 0 Å². The summed E-state index contributed by atoms with van der Waals surface area (Å²) in [6, 6.07) is 5.70. The summed E-state index contributed by atoms with van der Waals surface area (Å²) in [6.07, 6.45) is 2.97. The summed E-state index contributed by atoms with van der Waals surface area (Å²) in [7, 11) is 0. The van der Waals surface area contributed by atoms with Gasteiger partial charge in [-0.25, -0.2) is 10.1 Å². The SMILES string of the molecule is C=C(CCC)[N+]1=C(c2cc(N(C=S)C(C)(C)C(=O)CC)ccc2OCC)NC(=O)/C1=C(\C)C(C)CC. The largest absolute Gasteiger partial charge is 0.493 e. The van der Waals surface area contributed by atoms with Crippen LogP contribution in [-0.4, -0.2) is 39.7 Å². The molecule has 1 aliphatic rings. The van der Waals surface area contributed by atoms with Crippen molar-refractivity contribution in [3.05, 3.63) is 47.3 Å². The molecule has 2 rings (SSSR count). The Kier molecular flexibility index (Phi) is 10.2. The normalized spacial score (nSPS) is 15.9. The number of carbonyl (C=O) groups excluding carboxylic acids is 2. The van der Waals surface area contributed by atoms with Crippen molar-refractivity contribution in [3.8, 4) is 5.75 Å². The molecule has 0 bridgehead atoms. The van der Waals surface area contributed by atoms with E-state index in [1.54, 1.807) is 4.90 Å². The Labute approximate surface area is 222 Å². The second-order valence-electron chi connectivity index (χ2n) is 9.72. The molecule has 0 saturated heterocycles. The van der Waals surface area contributed by atoms with Gasteiger partial charge in [-0.1, -0.05) is 46.5 Å². The fourth-order valence-corrected chi connectivity index (χ4v) is 4.84. The van der Waals surface area contributed by atoms with Gasteiger partial charge >= 0.3 is 5.91 Å². The summed E-state index contributed by atoms with van der Waals surface area (Å²) < 4.78 is 7.95. The summed E-state index contributed by atoms with van der Waals surface area (Å²) in [5.74, 6) is 1.42. The average Bonchev–Trinajstić information content (AvgIpc) is 3.20. The van der Waals surface area contributed by atoms with Crippen LogP contribution >= 0.6 is 12.2 Å². The third-order valence-electron chi connectivity index (χ3n) is 6.98. The first-order valence-corrected chi connectivity index (χ1v) is 13.4. The number of ether oxygens (including phenoxy) is 1. The first-order valence-electron chi connectivity index (χ1n) is 12.9.